The lowest BCUT2D eigenvalue weighted by Gasteiger charge is -2.32. The number of alkyl halides is 3. The van der Waals surface area contributed by atoms with E-state index in [1.807, 2.05) is 0 Å². The summed E-state index contributed by atoms with van der Waals surface area (Å²) >= 11 is 0. The van der Waals surface area contributed by atoms with Crippen molar-refractivity contribution in [1.82, 2.24) is 5.32 Å². The van der Waals surface area contributed by atoms with Crippen molar-refractivity contribution < 1.29 is 13.2 Å². The minimum absolute atomic E-state index is 0.121. The zero-order valence-corrected chi connectivity index (χ0v) is 12.5. The first-order chi connectivity index (χ1) is 9.37. The normalized spacial score (nSPS) is 12.7. The highest BCUT2D eigenvalue weighted by Crippen LogP contribution is 2.33. The van der Waals surface area contributed by atoms with Crippen LogP contribution in [0.3, 0.4) is 0 Å². The van der Waals surface area contributed by atoms with Crippen molar-refractivity contribution in [3.63, 3.8) is 0 Å². The molecule has 0 saturated heterocycles. The van der Waals surface area contributed by atoms with Crippen LogP contribution in [-0.2, 0) is 12.6 Å². The summed E-state index contributed by atoms with van der Waals surface area (Å²) in [5, 5.41) is 3.37. The molecule has 0 aliphatic rings. The molecule has 0 aliphatic carbocycles. The zero-order chi connectivity index (χ0) is 15.2. The third kappa shape index (κ3) is 4.51. The Morgan fingerprint density at radius 1 is 0.950 bits per heavy atom. The summed E-state index contributed by atoms with van der Waals surface area (Å²) < 4.78 is 37.6. The predicted molar refractivity (Wildman–Crippen MR) is 76.7 cm³/mol. The summed E-state index contributed by atoms with van der Waals surface area (Å²) in [4.78, 5) is 0. The maximum atomic E-state index is 12.5. The topological polar surface area (TPSA) is 12.0 Å². The van der Waals surface area contributed by atoms with Crippen LogP contribution in [0.2, 0.25) is 0 Å². The Morgan fingerprint density at radius 2 is 1.50 bits per heavy atom. The number of halogens is 3. The van der Waals surface area contributed by atoms with Crippen LogP contribution in [-0.4, -0.2) is 13.1 Å². The average molecular weight is 287 g/mol. The van der Waals surface area contributed by atoms with Gasteiger partial charge in [0.05, 0.1) is 5.56 Å². The van der Waals surface area contributed by atoms with Crippen molar-refractivity contribution in [1.29, 1.82) is 0 Å². The van der Waals surface area contributed by atoms with Crippen molar-refractivity contribution >= 4 is 0 Å². The summed E-state index contributed by atoms with van der Waals surface area (Å²) in [5.74, 6) is 0. The highest BCUT2D eigenvalue weighted by Gasteiger charge is 2.31. The molecule has 1 nitrogen and oxygen atoms in total. The molecule has 1 N–H and O–H groups in total. The van der Waals surface area contributed by atoms with Gasteiger partial charge in [0.1, 0.15) is 0 Å². The Kier molecular flexibility index (Phi) is 6.06. The molecule has 4 heteroatoms. The molecule has 0 aromatic heterocycles. The fraction of sp³-hybridized carbons (Fsp3) is 0.625. The molecule has 0 heterocycles. The summed E-state index contributed by atoms with van der Waals surface area (Å²) in [6.45, 7) is 8.16. The van der Waals surface area contributed by atoms with Gasteiger partial charge in [-0.2, -0.15) is 13.2 Å². The smallest absolute Gasteiger partial charge is 0.316 e. The van der Waals surface area contributed by atoms with Gasteiger partial charge < -0.3 is 5.32 Å². The van der Waals surface area contributed by atoms with Gasteiger partial charge in [-0.05, 0) is 48.9 Å². The number of rotatable bonds is 7. The Morgan fingerprint density at radius 3 is 1.90 bits per heavy atom. The van der Waals surface area contributed by atoms with Gasteiger partial charge in [0.25, 0.3) is 0 Å². The second-order valence-electron chi connectivity index (χ2n) is 5.36. The summed E-state index contributed by atoms with van der Waals surface area (Å²) in [7, 11) is 0. The highest BCUT2D eigenvalue weighted by atomic mass is 19.4. The fourth-order valence-corrected chi connectivity index (χ4v) is 2.45. The second kappa shape index (κ2) is 7.11. The van der Waals surface area contributed by atoms with E-state index in [2.05, 4.69) is 26.1 Å². The largest absolute Gasteiger partial charge is 0.416 e. The molecule has 1 aromatic carbocycles. The third-order valence-electron chi connectivity index (χ3n) is 4.11. The molecule has 0 bridgehead atoms. The van der Waals surface area contributed by atoms with Gasteiger partial charge in [-0.1, -0.05) is 32.9 Å². The fourth-order valence-electron chi connectivity index (χ4n) is 2.45. The van der Waals surface area contributed by atoms with E-state index in [-0.39, 0.29) is 5.41 Å². The Labute approximate surface area is 119 Å². The molecule has 0 aliphatic heterocycles. The van der Waals surface area contributed by atoms with Crippen molar-refractivity contribution in [2.45, 2.75) is 46.2 Å². The average Bonchev–Trinajstić information content (AvgIpc) is 2.43. The van der Waals surface area contributed by atoms with E-state index in [0.717, 1.165) is 37.9 Å². The maximum absolute atomic E-state index is 12.5. The van der Waals surface area contributed by atoms with Gasteiger partial charge in [-0.15, -0.1) is 0 Å². The molecule has 0 spiro atoms. The Balaban J connectivity index is 2.84. The molecule has 0 unspecified atom stereocenters. The highest BCUT2D eigenvalue weighted by molar-refractivity contribution is 5.25. The standard InChI is InChI=1S/C16H24F3N/c1-4-15(5-2,12-20-6-3)11-13-7-9-14(10-8-13)16(17,18)19/h7-10,20H,4-6,11-12H2,1-3H3. The second-order valence-corrected chi connectivity index (χ2v) is 5.36. The predicted octanol–water partition coefficient (Wildman–Crippen LogP) is 4.66. The van der Waals surface area contributed by atoms with Crippen LogP contribution >= 0.6 is 0 Å². The number of benzene rings is 1. The molecular weight excluding hydrogens is 263 g/mol. The minimum Gasteiger partial charge on any atom is -0.316 e. The summed E-state index contributed by atoms with van der Waals surface area (Å²) in [5.41, 5.74) is 0.515. The first kappa shape index (κ1) is 17.0. The lowest BCUT2D eigenvalue weighted by Crippen LogP contribution is -2.35. The van der Waals surface area contributed by atoms with E-state index in [0.29, 0.717) is 0 Å². The van der Waals surface area contributed by atoms with Crippen LogP contribution in [0.4, 0.5) is 13.2 Å². The van der Waals surface area contributed by atoms with Crippen molar-refractivity contribution in [3.8, 4) is 0 Å². The van der Waals surface area contributed by atoms with Crippen molar-refractivity contribution in [3.05, 3.63) is 35.4 Å². The van der Waals surface area contributed by atoms with Crippen molar-refractivity contribution in [2.75, 3.05) is 13.1 Å². The van der Waals surface area contributed by atoms with E-state index in [4.69, 9.17) is 0 Å². The van der Waals surface area contributed by atoms with Crippen LogP contribution in [0, 0.1) is 5.41 Å². The van der Waals surface area contributed by atoms with E-state index in [9.17, 15) is 13.2 Å². The molecule has 1 aromatic rings. The maximum Gasteiger partial charge on any atom is 0.416 e. The summed E-state index contributed by atoms with van der Waals surface area (Å²) in [6, 6.07) is 5.57. The molecule has 114 valence electrons. The van der Waals surface area contributed by atoms with Crippen LogP contribution in [0.25, 0.3) is 0 Å². The lowest BCUT2D eigenvalue weighted by atomic mass is 9.76. The van der Waals surface area contributed by atoms with E-state index >= 15 is 0 Å². The number of nitrogens with one attached hydrogen (secondary N) is 1. The molecular formula is C16H24F3N. The number of hydrogen-bond donors (Lipinski definition) is 1. The van der Waals surface area contributed by atoms with Gasteiger partial charge in [0, 0.05) is 6.54 Å². The van der Waals surface area contributed by atoms with Gasteiger partial charge in [0.2, 0.25) is 0 Å². The molecule has 20 heavy (non-hydrogen) atoms. The molecule has 1 rings (SSSR count). The van der Waals surface area contributed by atoms with E-state index < -0.39 is 11.7 Å². The van der Waals surface area contributed by atoms with Gasteiger partial charge in [-0.3, -0.25) is 0 Å². The lowest BCUT2D eigenvalue weighted by molar-refractivity contribution is -0.137. The molecule has 0 saturated carbocycles. The first-order valence-electron chi connectivity index (χ1n) is 7.23. The first-order valence-corrected chi connectivity index (χ1v) is 7.23. The Bertz CT molecular complexity index is 391. The SMILES string of the molecule is CCNCC(CC)(CC)Cc1ccc(C(F)(F)F)cc1. The molecule has 0 atom stereocenters. The molecule has 0 radical (unpaired) electrons. The minimum atomic E-state index is -4.26. The van der Waals surface area contributed by atoms with Gasteiger partial charge >= 0.3 is 6.18 Å². The van der Waals surface area contributed by atoms with Crippen LogP contribution in [0.15, 0.2) is 24.3 Å². The van der Waals surface area contributed by atoms with Gasteiger partial charge in [0.15, 0.2) is 0 Å². The molecule has 0 fully saturated rings. The van der Waals surface area contributed by atoms with Crippen LogP contribution in [0.1, 0.15) is 44.7 Å². The monoisotopic (exact) mass is 287 g/mol. The Hall–Kier alpha value is -1.03. The van der Waals surface area contributed by atoms with E-state index in [1.165, 1.54) is 12.1 Å². The van der Waals surface area contributed by atoms with Crippen molar-refractivity contribution in [2.24, 2.45) is 5.41 Å². The number of hydrogen-bond acceptors (Lipinski definition) is 1. The van der Waals surface area contributed by atoms with Crippen LogP contribution < -0.4 is 5.32 Å². The quantitative estimate of drug-likeness (QED) is 0.769. The zero-order valence-electron chi connectivity index (χ0n) is 12.5. The summed E-state index contributed by atoms with van der Waals surface area (Å²) in [6.07, 6.45) is -1.42. The van der Waals surface area contributed by atoms with Crippen LogP contribution in [0.5, 0.6) is 0 Å². The van der Waals surface area contributed by atoms with E-state index in [1.54, 1.807) is 12.1 Å². The van der Waals surface area contributed by atoms with Gasteiger partial charge in [-0.25, -0.2) is 0 Å². The third-order valence-corrected chi connectivity index (χ3v) is 4.11. The molecule has 0 amide bonds.